The molecular weight excluding hydrogens is 770 g/mol. The summed E-state index contributed by atoms with van der Waals surface area (Å²) in [5.41, 5.74) is 2.50. The molecule has 0 saturated carbocycles. The summed E-state index contributed by atoms with van der Waals surface area (Å²) in [5, 5.41) is 1.37. The number of aromatic nitrogens is 1. The highest BCUT2D eigenvalue weighted by molar-refractivity contribution is 14.1. The second-order valence-corrected chi connectivity index (χ2v) is 13.8. The number of carbonyl (C=O) groups excluding carboxylic acids is 1. The molecule has 2 heterocycles. The van der Waals surface area contributed by atoms with Gasteiger partial charge in [0, 0.05) is 16.1 Å². The molecule has 7 nitrogen and oxygen atoms in total. The fourth-order valence-corrected chi connectivity index (χ4v) is 7.49. The molecule has 1 aliphatic heterocycles. The molecule has 1 aromatic heterocycles. The average molecular weight is 798 g/mol. The third-order valence-electron chi connectivity index (χ3n) is 6.78. The van der Waals surface area contributed by atoms with Crippen LogP contribution in [0.4, 0.5) is 0 Å². The zero-order valence-corrected chi connectivity index (χ0v) is 29.9. The molecule has 0 amide bonds. The summed E-state index contributed by atoms with van der Waals surface area (Å²) >= 11 is 22.1. The van der Waals surface area contributed by atoms with Crippen molar-refractivity contribution in [1.29, 1.82) is 0 Å². The molecule has 0 N–H and O–H groups in total. The van der Waals surface area contributed by atoms with Gasteiger partial charge in [0.05, 0.1) is 42.1 Å². The zero-order valence-electron chi connectivity index (χ0n) is 24.7. The van der Waals surface area contributed by atoms with E-state index in [1.165, 1.54) is 15.9 Å². The molecule has 0 saturated heterocycles. The highest BCUT2D eigenvalue weighted by Gasteiger charge is 2.35. The highest BCUT2D eigenvalue weighted by Crippen LogP contribution is 2.36. The summed E-state index contributed by atoms with van der Waals surface area (Å²) in [7, 11) is 0. The minimum Gasteiger partial charge on any atom is -0.491 e. The summed E-state index contributed by atoms with van der Waals surface area (Å²) in [4.78, 5) is 32.7. The topological polar surface area (TPSA) is 79.1 Å². The number of allylic oxidation sites excluding steroid dienone is 1. The Morgan fingerprint density at radius 3 is 2.58 bits per heavy atom. The molecule has 0 fully saturated rings. The summed E-state index contributed by atoms with van der Waals surface area (Å²) in [5.74, 6) is 0.568. The lowest BCUT2D eigenvalue weighted by molar-refractivity contribution is -0.139. The minimum atomic E-state index is -0.817. The third-order valence-corrected chi connectivity index (χ3v) is 9.53. The largest absolute Gasteiger partial charge is 0.491 e. The predicted molar refractivity (Wildman–Crippen MR) is 188 cm³/mol. The maximum atomic E-state index is 14.3. The van der Waals surface area contributed by atoms with E-state index >= 15 is 0 Å². The van der Waals surface area contributed by atoms with Gasteiger partial charge in [-0.25, -0.2) is 9.79 Å². The van der Waals surface area contributed by atoms with Gasteiger partial charge in [0.15, 0.2) is 4.80 Å². The Kier molecular flexibility index (Phi) is 10.7. The van der Waals surface area contributed by atoms with Crippen molar-refractivity contribution in [2.75, 3.05) is 6.61 Å². The lowest BCUT2D eigenvalue weighted by Gasteiger charge is -2.26. The van der Waals surface area contributed by atoms with E-state index < -0.39 is 12.0 Å². The lowest BCUT2D eigenvalue weighted by Crippen LogP contribution is -2.40. The summed E-state index contributed by atoms with van der Waals surface area (Å²) in [6, 6.07) is 15.4. The molecule has 1 aliphatic rings. The van der Waals surface area contributed by atoms with Gasteiger partial charge in [0.25, 0.3) is 5.56 Å². The SMILES string of the molecule is CCOC(=O)C1=C(C)N=c2s/c(=C\c3cc(Cl)cc(I)c3OCc3ccc(Cl)c(Cl)c3)c(=O)n2[C@H]1c1ccccc1OC(C)C. The Labute approximate surface area is 292 Å². The number of fused-ring (bicyclic) bond motifs is 1. The molecule has 0 radical (unpaired) electrons. The molecule has 45 heavy (non-hydrogen) atoms. The molecule has 0 aliphatic carbocycles. The van der Waals surface area contributed by atoms with Gasteiger partial charge in [-0.3, -0.25) is 9.36 Å². The van der Waals surface area contributed by atoms with E-state index in [-0.39, 0.29) is 30.5 Å². The Balaban J connectivity index is 1.66. The first-order valence-corrected chi connectivity index (χ1v) is 17.0. The van der Waals surface area contributed by atoms with Crippen LogP contribution < -0.4 is 24.4 Å². The maximum Gasteiger partial charge on any atom is 0.338 e. The number of hydrogen-bond acceptors (Lipinski definition) is 7. The van der Waals surface area contributed by atoms with E-state index in [1.54, 1.807) is 44.2 Å². The molecule has 0 unspecified atom stereocenters. The van der Waals surface area contributed by atoms with Gasteiger partial charge in [0.2, 0.25) is 0 Å². The van der Waals surface area contributed by atoms with Gasteiger partial charge < -0.3 is 14.2 Å². The number of esters is 1. The second kappa shape index (κ2) is 14.3. The van der Waals surface area contributed by atoms with Crippen LogP contribution in [0.1, 0.15) is 50.4 Å². The number of para-hydroxylation sites is 1. The van der Waals surface area contributed by atoms with E-state index in [1.807, 2.05) is 44.2 Å². The highest BCUT2D eigenvalue weighted by atomic mass is 127. The predicted octanol–water partition coefficient (Wildman–Crippen LogP) is 7.73. The van der Waals surface area contributed by atoms with E-state index in [2.05, 4.69) is 27.6 Å². The average Bonchev–Trinajstić information content (AvgIpc) is 3.27. The number of halogens is 4. The van der Waals surface area contributed by atoms with Crippen molar-refractivity contribution in [1.82, 2.24) is 4.57 Å². The summed E-state index contributed by atoms with van der Waals surface area (Å²) < 4.78 is 20.5. The molecule has 5 rings (SSSR count). The van der Waals surface area contributed by atoms with Crippen LogP contribution in [0.15, 0.2) is 75.7 Å². The summed E-state index contributed by atoms with van der Waals surface area (Å²) in [6.07, 6.45) is 1.60. The Bertz CT molecular complexity index is 2000. The number of benzene rings is 3. The van der Waals surface area contributed by atoms with Crippen LogP contribution in [0, 0.1) is 3.57 Å². The smallest absolute Gasteiger partial charge is 0.338 e. The number of hydrogen-bond donors (Lipinski definition) is 0. The number of ether oxygens (including phenoxy) is 3. The van der Waals surface area contributed by atoms with E-state index in [0.717, 1.165) is 9.13 Å². The molecule has 1 atom stereocenters. The van der Waals surface area contributed by atoms with Crippen molar-refractivity contribution < 1.29 is 19.0 Å². The van der Waals surface area contributed by atoms with Crippen molar-refractivity contribution in [2.24, 2.45) is 4.99 Å². The maximum absolute atomic E-state index is 14.3. The number of rotatable bonds is 9. The van der Waals surface area contributed by atoms with Crippen molar-refractivity contribution in [3.63, 3.8) is 0 Å². The summed E-state index contributed by atoms with van der Waals surface area (Å²) in [6.45, 7) is 7.71. The van der Waals surface area contributed by atoms with E-state index in [0.29, 0.717) is 52.7 Å². The Morgan fingerprint density at radius 2 is 1.87 bits per heavy atom. The zero-order chi connectivity index (χ0) is 32.4. The first-order chi connectivity index (χ1) is 21.5. The normalized spacial score (nSPS) is 14.8. The van der Waals surface area contributed by atoms with Crippen molar-refractivity contribution >= 4 is 80.8 Å². The van der Waals surface area contributed by atoms with Crippen LogP contribution in [0.3, 0.4) is 0 Å². The van der Waals surface area contributed by atoms with E-state index in [4.69, 9.17) is 49.0 Å². The molecule has 12 heteroatoms. The number of thiazole rings is 1. The Hall–Kier alpha value is -2.83. The molecule has 0 spiro atoms. The monoisotopic (exact) mass is 796 g/mol. The van der Waals surface area contributed by atoms with Gasteiger partial charge in [0.1, 0.15) is 24.1 Å². The Morgan fingerprint density at radius 1 is 1.11 bits per heavy atom. The van der Waals surface area contributed by atoms with Crippen LogP contribution in [0.2, 0.25) is 15.1 Å². The third kappa shape index (κ3) is 7.28. The fourth-order valence-electron chi connectivity index (χ4n) is 4.92. The van der Waals surface area contributed by atoms with Crippen molar-refractivity contribution in [3.8, 4) is 11.5 Å². The molecular formula is C33H28Cl3IN2O5S. The molecule has 4 aromatic rings. The molecule has 234 valence electrons. The standard InChI is InChI=1S/C33H28Cl3IN2O5S/c1-5-42-32(41)28-18(4)38-33-39(29(28)22-8-6-7-9-26(22)44-17(2)3)31(40)27(45-33)14-20-13-21(34)15-25(37)30(20)43-16-19-10-11-23(35)24(36)12-19/h6-15,17,29H,5,16H2,1-4H3/b27-14-/t29-/m0/s1. The van der Waals surface area contributed by atoms with Gasteiger partial charge in [-0.15, -0.1) is 0 Å². The van der Waals surface area contributed by atoms with Gasteiger partial charge in [-0.1, -0.05) is 70.4 Å². The van der Waals surface area contributed by atoms with Crippen molar-refractivity contribution in [3.05, 3.63) is 121 Å². The molecule has 0 bridgehead atoms. The first-order valence-electron chi connectivity index (χ1n) is 14.0. The quantitative estimate of drug-likeness (QED) is 0.128. The lowest BCUT2D eigenvalue weighted by atomic mass is 9.95. The van der Waals surface area contributed by atoms with Crippen LogP contribution in [0.25, 0.3) is 6.08 Å². The first kappa shape index (κ1) is 33.5. The number of carbonyl (C=O) groups is 1. The van der Waals surface area contributed by atoms with E-state index in [9.17, 15) is 9.59 Å². The van der Waals surface area contributed by atoms with Gasteiger partial charge >= 0.3 is 5.97 Å². The van der Waals surface area contributed by atoms with Crippen LogP contribution >= 0.6 is 68.7 Å². The van der Waals surface area contributed by atoms with Crippen LogP contribution in [-0.4, -0.2) is 23.2 Å². The number of nitrogens with zero attached hydrogens (tertiary/aromatic N) is 2. The van der Waals surface area contributed by atoms with Crippen LogP contribution in [0.5, 0.6) is 11.5 Å². The van der Waals surface area contributed by atoms with Crippen LogP contribution in [-0.2, 0) is 16.1 Å². The second-order valence-electron chi connectivity index (χ2n) is 10.3. The van der Waals surface area contributed by atoms with Gasteiger partial charge in [-0.05, 0) is 92.3 Å². The fraction of sp³-hybridized carbons (Fsp3) is 0.242. The minimum absolute atomic E-state index is 0.134. The van der Waals surface area contributed by atoms with Gasteiger partial charge in [-0.2, -0.15) is 0 Å². The molecule has 3 aromatic carbocycles. The van der Waals surface area contributed by atoms with Crippen molar-refractivity contribution in [2.45, 2.75) is 46.4 Å².